The van der Waals surface area contributed by atoms with Gasteiger partial charge in [0.25, 0.3) is 11.8 Å². The van der Waals surface area contributed by atoms with Gasteiger partial charge >= 0.3 is 6.16 Å². The second-order valence-corrected chi connectivity index (χ2v) is 3.37. The molecular formula is C7H9NO5S. The van der Waals surface area contributed by atoms with E-state index < -0.39 is 23.4 Å². The minimum atomic E-state index is -1.11. The van der Waals surface area contributed by atoms with E-state index in [4.69, 9.17) is 0 Å². The molecule has 1 rings (SSSR count). The smallest absolute Gasteiger partial charge is 0.419 e. The lowest BCUT2D eigenvalue weighted by Gasteiger charge is -2.13. The standard InChI is InChI=1S/C7H9NO5S/c1-4(14)12-7(11)13-8-5(9)2-3-6(8)10/h4,14H,2-3H2,1H3. The Morgan fingerprint density at radius 1 is 1.43 bits per heavy atom. The molecule has 1 fully saturated rings. The highest BCUT2D eigenvalue weighted by molar-refractivity contribution is 7.80. The summed E-state index contributed by atoms with van der Waals surface area (Å²) < 4.78 is 4.47. The largest absolute Gasteiger partial charge is 0.535 e. The molecule has 6 nitrogen and oxygen atoms in total. The van der Waals surface area contributed by atoms with Crippen molar-refractivity contribution in [3.8, 4) is 0 Å². The molecule has 0 aromatic heterocycles. The van der Waals surface area contributed by atoms with Crippen molar-refractivity contribution in [1.82, 2.24) is 5.06 Å². The van der Waals surface area contributed by atoms with E-state index in [0.29, 0.717) is 5.06 Å². The number of hydroxylamine groups is 2. The van der Waals surface area contributed by atoms with Crippen molar-refractivity contribution in [2.75, 3.05) is 0 Å². The highest BCUT2D eigenvalue weighted by atomic mass is 32.1. The van der Waals surface area contributed by atoms with Crippen LogP contribution in [0, 0.1) is 0 Å². The average molecular weight is 219 g/mol. The van der Waals surface area contributed by atoms with Crippen LogP contribution in [0.5, 0.6) is 0 Å². The molecule has 1 unspecified atom stereocenters. The predicted molar refractivity (Wildman–Crippen MR) is 47.1 cm³/mol. The molecule has 1 aliphatic rings. The number of carbonyl (C=O) groups is 3. The normalized spacial score (nSPS) is 18.3. The number of rotatable bonds is 2. The Morgan fingerprint density at radius 3 is 2.36 bits per heavy atom. The second kappa shape index (κ2) is 4.32. The van der Waals surface area contributed by atoms with Gasteiger partial charge in [-0.25, -0.2) is 4.79 Å². The number of hydrogen-bond donors (Lipinski definition) is 1. The Kier molecular flexibility index (Phi) is 3.34. The number of thiol groups is 1. The lowest BCUT2D eigenvalue weighted by Crippen LogP contribution is -2.32. The molecule has 2 amide bonds. The lowest BCUT2D eigenvalue weighted by molar-refractivity contribution is -0.177. The van der Waals surface area contributed by atoms with Crippen molar-refractivity contribution in [2.24, 2.45) is 0 Å². The van der Waals surface area contributed by atoms with Gasteiger partial charge in [0.1, 0.15) is 5.44 Å². The minimum absolute atomic E-state index is 0.0581. The molecule has 0 spiro atoms. The van der Waals surface area contributed by atoms with Gasteiger partial charge in [-0.2, -0.15) is 0 Å². The van der Waals surface area contributed by atoms with Crippen LogP contribution in [0.25, 0.3) is 0 Å². The van der Waals surface area contributed by atoms with Crippen LogP contribution in [-0.2, 0) is 19.2 Å². The number of amides is 2. The van der Waals surface area contributed by atoms with Gasteiger partial charge in [-0.15, -0.1) is 12.6 Å². The van der Waals surface area contributed by atoms with Crippen LogP contribution >= 0.6 is 12.6 Å². The van der Waals surface area contributed by atoms with Crippen molar-refractivity contribution in [3.05, 3.63) is 0 Å². The fourth-order valence-corrected chi connectivity index (χ4v) is 0.979. The molecule has 1 atom stereocenters. The Labute approximate surface area is 85.5 Å². The SMILES string of the molecule is CC(S)OC(=O)ON1C(=O)CCC1=O. The molecule has 78 valence electrons. The number of carbonyl (C=O) groups excluding carboxylic acids is 3. The van der Waals surface area contributed by atoms with E-state index in [1.165, 1.54) is 6.92 Å². The summed E-state index contributed by atoms with van der Waals surface area (Å²) in [6.07, 6.45) is -0.999. The summed E-state index contributed by atoms with van der Waals surface area (Å²) in [5.74, 6) is -1.09. The van der Waals surface area contributed by atoms with Gasteiger partial charge in [0.15, 0.2) is 0 Å². The van der Waals surface area contributed by atoms with Crippen LogP contribution in [0.1, 0.15) is 19.8 Å². The van der Waals surface area contributed by atoms with Gasteiger partial charge in [-0.05, 0) is 6.92 Å². The fourth-order valence-electron chi connectivity index (χ4n) is 0.893. The summed E-state index contributed by atoms with van der Waals surface area (Å²) in [6.45, 7) is 1.50. The molecule has 0 aromatic carbocycles. The van der Waals surface area contributed by atoms with Crippen LogP contribution in [-0.4, -0.2) is 28.5 Å². The minimum Gasteiger partial charge on any atom is -0.419 e. The number of ether oxygens (including phenoxy) is 1. The summed E-state index contributed by atoms with van der Waals surface area (Å²) >= 11 is 3.77. The molecular weight excluding hydrogens is 210 g/mol. The summed E-state index contributed by atoms with van der Waals surface area (Å²) in [5, 5.41) is 0.415. The third kappa shape index (κ3) is 2.63. The first kappa shape index (κ1) is 10.8. The first-order valence-corrected chi connectivity index (χ1v) is 4.45. The first-order valence-electron chi connectivity index (χ1n) is 3.93. The van der Waals surface area contributed by atoms with E-state index in [2.05, 4.69) is 22.2 Å². The zero-order chi connectivity index (χ0) is 10.7. The van der Waals surface area contributed by atoms with E-state index >= 15 is 0 Å². The molecule has 0 aromatic rings. The fraction of sp³-hybridized carbons (Fsp3) is 0.571. The summed E-state index contributed by atoms with van der Waals surface area (Å²) in [6, 6.07) is 0. The zero-order valence-electron chi connectivity index (χ0n) is 7.43. The first-order chi connectivity index (χ1) is 6.50. The van der Waals surface area contributed by atoms with Crippen molar-refractivity contribution in [3.63, 3.8) is 0 Å². The van der Waals surface area contributed by atoms with E-state index in [1.54, 1.807) is 0 Å². The van der Waals surface area contributed by atoms with E-state index in [9.17, 15) is 14.4 Å². The summed E-state index contributed by atoms with van der Waals surface area (Å²) in [4.78, 5) is 37.2. The van der Waals surface area contributed by atoms with Crippen molar-refractivity contribution >= 4 is 30.6 Å². The molecule has 1 saturated heterocycles. The van der Waals surface area contributed by atoms with Gasteiger partial charge in [-0.3, -0.25) is 14.4 Å². The van der Waals surface area contributed by atoms with Crippen molar-refractivity contribution in [2.45, 2.75) is 25.2 Å². The van der Waals surface area contributed by atoms with Crippen LogP contribution in [0.3, 0.4) is 0 Å². The molecule has 0 aliphatic carbocycles. The topological polar surface area (TPSA) is 72.9 Å². The molecule has 0 saturated carbocycles. The average Bonchev–Trinajstić information content (AvgIpc) is 2.34. The van der Waals surface area contributed by atoms with Crippen molar-refractivity contribution < 1.29 is 24.0 Å². The Bertz CT molecular complexity index is 261. The van der Waals surface area contributed by atoms with E-state index in [-0.39, 0.29) is 12.8 Å². The maximum atomic E-state index is 11.0. The van der Waals surface area contributed by atoms with E-state index in [0.717, 1.165) is 0 Å². The molecule has 0 bridgehead atoms. The van der Waals surface area contributed by atoms with Gasteiger partial charge < -0.3 is 4.74 Å². The lowest BCUT2D eigenvalue weighted by atomic mass is 10.4. The Hall–Kier alpha value is -1.24. The van der Waals surface area contributed by atoms with E-state index in [1.807, 2.05) is 0 Å². The highest BCUT2D eigenvalue weighted by Gasteiger charge is 2.33. The van der Waals surface area contributed by atoms with Gasteiger partial charge in [0.2, 0.25) is 0 Å². The van der Waals surface area contributed by atoms with Crippen molar-refractivity contribution in [1.29, 1.82) is 0 Å². The second-order valence-electron chi connectivity index (χ2n) is 2.64. The molecule has 1 aliphatic heterocycles. The van der Waals surface area contributed by atoms with Crippen LogP contribution < -0.4 is 0 Å². The summed E-state index contributed by atoms with van der Waals surface area (Å²) in [7, 11) is 0. The molecule has 1 heterocycles. The third-order valence-electron chi connectivity index (χ3n) is 1.44. The molecule has 7 heteroatoms. The zero-order valence-corrected chi connectivity index (χ0v) is 8.32. The Balaban J connectivity index is 2.47. The Morgan fingerprint density at radius 2 is 1.93 bits per heavy atom. The third-order valence-corrected chi connectivity index (χ3v) is 1.54. The van der Waals surface area contributed by atoms with Gasteiger partial charge in [0, 0.05) is 12.8 Å². The molecule has 14 heavy (non-hydrogen) atoms. The van der Waals surface area contributed by atoms with Crippen LogP contribution in [0.4, 0.5) is 4.79 Å². The molecule has 0 radical (unpaired) electrons. The summed E-state index contributed by atoms with van der Waals surface area (Å²) in [5.41, 5.74) is -0.657. The van der Waals surface area contributed by atoms with Crippen LogP contribution in [0.15, 0.2) is 0 Å². The number of hydrogen-bond acceptors (Lipinski definition) is 6. The highest BCUT2D eigenvalue weighted by Crippen LogP contribution is 2.13. The number of nitrogens with zero attached hydrogens (tertiary/aromatic N) is 1. The number of imide groups is 1. The molecule has 0 N–H and O–H groups in total. The monoisotopic (exact) mass is 219 g/mol. The maximum Gasteiger partial charge on any atom is 0.535 e. The maximum absolute atomic E-state index is 11.0. The van der Waals surface area contributed by atoms with Gasteiger partial charge in [0.05, 0.1) is 0 Å². The quantitative estimate of drug-likeness (QED) is 0.316. The van der Waals surface area contributed by atoms with Gasteiger partial charge in [-0.1, -0.05) is 5.06 Å². The predicted octanol–water partition coefficient (Wildman–Crippen LogP) is 0.479. The van der Waals surface area contributed by atoms with Crippen LogP contribution in [0.2, 0.25) is 0 Å².